The Morgan fingerprint density at radius 3 is 1.67 bits per heavy atom. The maximum Gasteiger partial charge on any atom is 0.188 e. The van der Waals surface area contributed by atoms with Gasteiger partial charge in [-0.3, -0.25) is 9.69 Å². The number of carbonyl (C=O) groups is 1. The number of ether oxygens (including phenoxy) is 2. The standard InChI is InChI=1S/C24H23Br2NO3/c1-27-20-6-7-21(27)17(11-15-5-9-23(30-3)19(26)13-15)24(28)16(20)10-14-4-8-22(29-2)18(25)12-14/h4-5,8-13,20-21H,6-7H2,1-3H3/b16-10+,17-11+. The van der Waals surface area contributed by atoms with Gasteiger partial charge in [0.1, 0.15) is 11.5 Å². The van der Waals surface area contributed by atoms with Crippen LogP contribution in [0.2, 0.25) is 0 Å². The van der Waals surface area contributed by atoms with Crippen molar-refractivity contribution in [3.8, 4) is 11.5 Å². The fourth-order valence-corrected chi connectivity index (χ4v) is 5.50. The third-order valence-corrected chi connectivity index (χ3v) is 7.17. The lowest BCUT2D eigenvalue weighted by molar-refractivity contribution is -0.114. The van der Waals surface area contributed by atoms with Gasteiger partial charge in [-0.15, -0.1) is 0 Å². The largest absolute Gasteiger partial charge is 0.496 e. The van der Waals surface area contributed by atoms with E-state index in [2.05, 4.69) is 43.8 Å². The van der Waals surface area contributed by atoms with E-state index in [-0.39, 0.29) is 17.9 Å². The van der Waals surface area contributed by atoms with Crippen molar-refractivity contribution in [3.05, 3.63) is 67.6 Å². The van der Waals surface area contributed by atoms with Gasteiger partial charge >= 0.3 is 0 Å². The molecule has 0 radical (unpaired) electrons. The summed E-state index contributed by atoms with van der Waals surface area (Å²) in [5.74, 6) is 1.69. The van der Waals surface area contributed by atoms with Gasteiger partial charge in [-0.1, -0.05) is 12.1 Å². The second-order valence-corrected chi connectivity index (χ2v) is 9.30. The maximum absolute atomic E-state index is 13.5. The number of methoxy groups -OCH3 is 2. The molecule has 2 aliphatic heterocycles. The first kappa shape index (κ1) is 21.3. The van der Waals surface area contributed by atoms with E-state index < -0.39 is 0 Å². The summed E-state index contributed by atoms with van der Waals surface area (Å²) in [7, 11) is 5.40. The lowest BCUT2D eigenvalue weighted by Gasteiger charge is -2.34. The summed E-state index contributed by atoms with van der Waals surface area (Å²) in [5, 5.41) is 0. The third-order valence-electron chi connectivity index (χ3n) is 5.94. The number of fused-ring (bicyclic) bond motifs is 2. The van der Waals surface area contributed by atoms with E-state index in [4.69, 9.17) is 9.47 Å². The van der Waals surface area contributed by atoms with Crippen LogP contribution in [0.25, 0.3) is 12.2 Å². The highest BCUT2D eigenvalue weighted by atomic mass is 79.9. The molecule has 4 nitrogen and oxygen atoms in total. The molecule has 2 atom stereocenters. The first-order valence-electron chi connectivity index (χ1n) is 9.80. The maximum atomic E-state index is 13.5. The highest BCUT2D eigenvalue weighted by Crippen LogP contribution is 2.41. The van der Waals surface area contributed by atoms with Crippen molar-refractivity contribution in [2.24, 2.45) is 0 Å². The molecule has 156 valence electrons. The number of benzene rings is 2. The van der Waals surface area contributed by atoms with Gasteiger partial charge in [0.05, 0.1) is 23.2 Å². The third kappa shape index (κ3) is 3.88. The molecule has 0 N–H and O–H groups in total. The van der Waals surface area contributed by atoms with Crippen LogP contribution in [0.4, 0.5) is 0 Å². The number of ketones is 1. The van der Waals surface area contributed by atoms with Crippen molar-refractivity contribution < 1.29 is 14.3 Å². The minimum absolute atomic E-state index is 0.138. The van der Waals surface area contributed by atoms with Crippen LogP contribution >= 0.6 is 31.9 Å². The quantitative estimate of drug-likeness (QED) is 0.470. The van der Waals surface area contributed by atoms with E-state index in [1.807, 2.05) is 48.6 Å². The van der Waals surface area contributed by atoms with Crippen LogP contribution in [0, 0.1) is 0 Å². The average Bonchev–Trinajstić information content (AvgIpc) is 3.04. The molecule has 2 saturated heterocycles. The van der Waals surface area contributed by atoms with Crippen LogP contribution in [0.5, 0.6) is 11.5 Å². The van der Waals surface area contributed by atoms with Crippen LogP contribution in [-0.4, -0.2) is 44.0 Å². The zero-order chi connectivity index (χ0) is 21.4. The van der Waals surface area contributed by atoms with E-state index in [0.717, 1.165) is 55.6 Å². The molecule has 0 saturated carbocycles. The second-order valence-electron chi connectivity index (χ2n) is 7.59. The first-order valence-corrected chi connectivity index (χ1v) is 11.4. The van der Waals surface area contributed by atoms with Gasteiger partial charge in [-0.25, -0.2) is 0 Å². The summed E-state index contributed by atoms with van der Waals surface area (Å²) < 4.78 is 12.4. The number of halogens is 2. The Morgan fingerprint density at radius 2 is 1.30 bits per heavy atom. The molecule has 30 heavy (non-hydrogen) atoms. The zero-order valence-electron chi connectivity index (χ0n) is 17.1. The molecule has 2 aliphatic rings. The number of rotatable bonds is 4. The summed E-state index contributed by atoms with van der Waals surface area (Å²) in [6.07, 6.45) is 6.01. The summed E-state index contributed by atoms with van der Waals surface area (Å²) in [6, 6.07) is 12.1. The van der Waals surface area contributed by atoms with Crippen LogP contribution in [0.3, 0.4) is 0 Å². The minimum atomic E-state index is 0.138. The van der Waals surface area contributed by atoms with Crippen LogP contribution < -0.4 is 9.47 Å². The predicted octanol–water partition coefficient (Wildman–Crippen LogP) is 5.74. The van der Waals surface area contributed by atoms with Crippen LogP contribution in [0.15, 0.2) is 56.5 Å². The summed E-state index contributed by atoms with van der Waals surface area (Å²) in [4.78, 5) is 15.9. The van der Waals surface area contributed by atoms with Gasteiger partial charge in [-0.05, 0) is 99.3 Å². The van der Waals surface area contributed by atoms with Crippen molar-refractivity contribution in [1.29, 1.82) is 0 Å². The number of Topliss-reactive ketones (excluding diaryl/α,β-unsaturated/α-hetero) is 1. The lowest BCUT2D eigenvalue weighted by Crippen LogP contribution is -2.43. The smallest absolute Gasteiger partial charge is 0.188 e. The van der Waals surface area contributed by atoms with E-state index in [9.17, 15) is 4.79 Å². The number of nitrogens with zero attached hydrogens (tertiary/aromatic N) is 1. The Hall–Kier alpha value is -1.89. The molecule has 2 fully saturated rings. The minimum Gasteiger partial charge on any atom is -0.496 e. The van der Waals surface area contributed by atoms with Crippen molar-refractivity contribution in [2.75, 3.05) is 21.3 Å². The average molecular weight is 533 g/mol. The van der Waals surface area contributed by atoms with Gasteiger partial charge in [0.25, 0.3) is 0 Å². The first-order chi connectivity index (χ1) is 14.4. The van der Waals surface area contributed by atoms with E-state index in [1.54, 1.807) is 14.2 Å². The molecular formula is C24H23Br2NO3. The Morgan fingerprint density at radius 1 is 0.867 bits per heavy atom. The summed E-state index contributed by atoms with van der Waals surface area (Å²) in [5.41, 5.74) is 3.66. The molecule has 0 spiro atoms. The molecule has 0 amide bonds. The molecule has 0 aliphatic carbocycles. The molecule has 2 aromatic rings. The Balaban J connectivity index is 1.74. The van der Waals surface area contributed by atoms with E-state index >= 15 is 0 Å². The molecule has 0 aromatic heterocycles. The normalized spacial score (nSPS) is 24.0. The molecule has 2 unspecified atom stereocenters. The second kappa shape index (κ2) is 8.69. The number of carbonyl (C=O) groups excluding carboxylic acids is 1. The van der Waals surface area contributed by atoms with Crippen molar-refractivity contribution in [2.45, 2.75) is 24.9 Å². The highest BCUT2D eigenvalue weighted by molar-refractivity contribution is 9.10. The zero-order valence-corrected chi connectivity index (χ0v) is 20.3. The van der Waals surface area contributed by atoms with E-state index in [1.165, 1.54) is 0 Å². The van der Waals surface area contributed by atoms with Gasteiger partial charge in [-0.2, -0.15) is 0 Å². The van der Waals surface area contributed by atoms with Gasteiger partial charge in [0, 0.05) is 23.2 Å². The highest BCUT2D eigenvalue weighted by Gasteiger charge is 2.44. The predicted molar refractivity (Wildman–Crippen MR) is 127 cm³/mol. The topological polar surface area (TPSA) is 38.8 Å². The van der Waals surface area contributed by atoms with Crippen LogP contribution in [0.1, 0.15) is 24.0 Å². The summed E-state index contributed by atoms with van der Waals surface area (Å²) >= 11 is 7.08. The molecule has 2 heterocycles. The monoisotopic (exact) mass is 531 g/mol. The van der Waals surface area contributed by atoms with Gasteiger partial charge in [0.15, 0.2) is 5.78 Å². The van der Waals surface area contributed by atoms with Gasteiger partial charge < -0.3 is 9.47 Å². The fraction of sp³-hybridized carbons (Fsp3) is 0.292. The molecule has 6 heteroatoms. The Kier molecular flexibility index (Phi) is 6.19. The van der Waals surface area contributed by atoms with Crippen LogP contribution in [-0.2, 0) is 4.79 Å². The molecule has 4 rings (SSSR count). The molecular weight excluding hydrogens is 510 g/mol. The SMILES string of the molecule is COc1ccc(/C=C2/C(=O)/C(=C/c3ccc(OC)c(Br)c3)C3CCC2N3C)cc1Br. The van der Waals surface area contributed by atoms with Crippen molar-refractivity contribution in [1.82, 2.24) is 4.90 Å². The van der Waals surface area contributed by atoms with Crippen molar-refractivity contribution in [3.63, 3.8) is 0 Å². The van der Waals surface area contributed by atoms with Gasteiger partial charge in [0.2, 0.25) is 0 Å². The molecule has 2 bridgehead atoms. The van der Waals surface area contributed by atoms with E-state index in [0.29, 0.717) is 0 Å². The number of likely N-dealkylation sites (N-methyl/N-ethyl adjacent to an activating group) is 1. The Bertz CT molecular complexity index is 979. The fourth-order valence-electron chi connectivity index (χ4n) is 4.39. The Labute approximate surface area is 193 Å². The van der Waals surface area contributed by atoms with Crippen molar-refractivity contribution >= 4 is 49.8 Å². The molecule has 2 aromatic carbocycles. The lowest BCUT2D eigenvalue weighted by atomic mass is 9.88. The number of piperidine rings is 1. The number of hydrogen-bond donors (Lipinski definition) is 0. The number of hydrogen-bond acceptors (Lipinski definition) is 4. The summed E-state index contributed by atoms with van der Waals surface area (Å²) in [6.45, 7) is 0.